The van der Waals surface area contributed by atoms with Crippen LogP contribution in [0.4, 0.5) is 11.4 Å². The SMILES string of the molecule is Cc1c(C(=O)Nc2ccc(N3CCCC3=O)c(Cl)c2)cnn1-c1cccc(Cl)c1. The highest BCUT2D eigenvalue weighted by molar-refractivity contribution is 6.34. The van der Waals surface area contributed by atoms with Crippen molar-refractivity contribution in [2.24, 2.45) is 0 Å². The first-order chi connectivity index (χ1) is 13.9. The Bertz CT molecular complexity index is 1110. The highest BCUT2D eigenvalue weighted by Crippen LogP contribution is 2.32. The van der Waals surface area contributed by atoms with Gasteiger partial charge in [0.2, 0.25) is 5.91 Å². The summed E-state index contributed by atoms with van der Waals surface area (Å²) in [5, 5.41) is 8.16. The summed E-state index contributed by atoms with van der Waals surface area (Å²) in [4.78, 5) is 26.4. The van der Waals surface area contributed by atoms with Gasteiger partial charge in [-0.3, -0.25) is 9.59 Å². The van der Waals surface area contributed by atoms with Crippen molar-refractivity contribution in [3.05, 3.63) is 70.0 Å². The van der Waals surface area contributed by atoms with E-state index in [1.807, 2.05) is 19.1 Å². The predicted molar refractivity (Wildman–Crippen MR) is 114 cm³/mol. The van der Waals surface area contributed by atoms with E-state index in [0.29, 0.717) is 45.6 Å². The van der Waals surface area contributed by atoms with Crippen molar-refractivity contribution in [3.8, 4) is 5.69 Å². The van der Waals surface area contributed by atoms with Crippen LogP contribution in [0.2, 0.25) is 10.0 Å². The van der Waals surface area contributed by atoms with Crippen LogP contribution in [0, 0.1) is 6.92 Å². The molecule has 2 amide bonds. The van der Waals surface area contributed by atoms with E-state index in [2.05, 4.69) is 10.4 Å². The number of hydrogen-bond acceptors (Lipinski definition) is 3. The molecular weight excluding hydrogens is 411 g/mol. The van der Waals surface area contributed by atoms with Crippen LogP contribution in [0.5, 0.6) is 0 Å². The lowest BCUT2D eigenvalue weighted by Crippen LogP contribution is -2.24. The summed E-state index contributed by atoms with van der Waals surface area (Å²) < 4.78 is 1.66. The molecule has 148 valence electrons. The quantitative estimate of drug-likeness (QED) is 0.644. The van der Waals surface area contributed by atoms with Crippen molar-refractivity contribution in [1.29, 1.82) is 0 Å². The summed E-state index contributed by atoms with van der Waals surface area (Å²) in [6, 6.07) is 12.4. The Morgan fingerprint density at radius 3 is 2.69 bits per heavy atom. The minimum Gasteiger partial charge on any atom is -0.322 e. The number of nitrogens with zero attached hydrogens (tertiary/aromatic N) is 3. The van der Waals surface area contributed by atoms with Gasteiger partial charge in [0.05, 0.1) is 33.9 Å². The van der Waals surface area contributed by atoms with E-state index in [0.717, 1.165) is 12.1 Å². The van der Waals surface area contributed by atoms with Crippen molar-refractivity contribution >= 4 is 46.4 Å². The molecule has 0 atom stereocenters. The van der Waals surface area contributed by atoms with E-state index in [1.165, 1.54) is 6.20 Å². The maximum Gasteiger partial charge on any atom is 0.259 e. The first-order valence-electron chi connectivity index (χ1n) is 9.16. The standard InChI is InChI=1S/C21H18Cl2N4O2/c1-13-17(12-24-27(13)16-5-2-4-14(22)10-16)21(29)25-15-7-8-19(18(23)11-15)26-9-3-6-20(26)28/h2,4-5,7-8,10-12H,3,6,9H2,1H3,(H,25,29). The van der Waals surface area contributed by atoms with Crippen LogP contribution in [0.1, 0.15) is 28.9 Å². The van der Waals surface area contributed by atoms with Gasteiger partial charge in [0, 0.05) is 23.7 Å². The van der Waals surface area contributed by atoms with E-state index >= 15 is 0 Å². The Morgan fingerprint density at radius 1 is 1.17 bits per heavy atom. The summed E-state index contributed by atoms with van der Waals surface area (Å²) in [5.41, 5.74) is 3.12. The zero-order valence-electron chi connectivity index (χ0n) is 15.7. The molecule has 2 heterocycles. The zero-order chi connectivity index (χ0) is 20.5. The van der Waals surface area contributed by atoms with Gasteiger partial charge >= 0.3 is 0 Å². The van der Waals surface area contributed by atoms with Crippen LogP contribution in [-0.4, -0.2) is 28.1 Å². The van der Waals surface area contributed by atoms with Crippen molar-refractivity contribution in [3.63, 3.8) is 0 Å². The first-order valence-corrected chi connectivity index (χ1v) is 9.91. The van der Waals surface area contributed by atoms with Gasteiger partial charge in [0.1, 0.15) is 0 Å². The third kappa shape index (κ3) is 3.86. The van der Waals surface area contributed by atoms with Crippen molar-refractivity contribution in [1.82, 2.24) is 9.78 Å². The average Bonchev–Trinajstić information content (AvgIpc) is 3.27. The fourth-order valence-corrected chi connectivity index (χ4v) is 3.87. The van der Waals surface area contributed by atoms with Crippen LogP contribution in [0.25, 0.3) is 5.69 Å². The lowest BCUT2D eigenvalue weighted by atomic mass is 10.2. The molecule has 0 spiro atoms. The summed E-state index contributed by atoms with van der Waals surface area (Å²) in [6.45, 7) is 2.48. The maximum absolute atomic E-state index is 12.8. The summed E-state index contributed by atoms with van der Waals surface area (Å²) in [5.74, 6) is -0.232. The highest BCUT2D eigenvalue weighted by atomic mass is 35.5. The minimum atomic E-state index is -0.295. The van der Waals surface area contributed by atoms with Crippen LogP contribution in [0.15, 0.2) is 48.7 Å². The fraction of sp³-hybridized carbons (Fsp3) is 0.190. The Balaban J connectivity index is 1.54. The number of aromatic nitrogens is 2. The number of halogens is 2. The molecule has 1 aromatic heterocycles. The molecule has 29 heavy (non-hydrogen) atoms. The highest BCUT2D eigenvalue weighted by Gasteiger charge is 2.24. The van der Waals surface area contributed by atoms with Crippen molar-refractivity contribution in [2.45, 2.75) is 19.8 Å². The topological polar surface area (TPSA) is 67.2 Å². The first kappa shape index (κ1) is 19.5. The Morgan fingerprint density at radius 2 is 2.00 bits per heavy atom. The number of benzene rings is 2. The lowest BCUT2D eigenvalue weighted by Gasteiger charge is -2.18. The Labute approximate surface area is 178 Å². The van der Waals surface area contributed by atoms with E-state index in [4.69, 9.17) is 23.2 Å². The second-order valence-corrected chi connectivity index (χ2v) is 7.65. The molecule has 0 aliphatic carbocycles. The van der Waals surface area contributed by atoms with Gasteiger partial charge in [0.25, 0.3) is 5.91 Å². The number of carbonyl (C=O) groups excluding carboxylic acids is 2. The largest absolute Gasteiger partial charge is 0.322 e. The molecule has 3 aromatic rings. The molecule has 6 nitrogen and oxygen atoms in total. The number of nitrogens with one attached hydrogen (secondary N) is 1. The van der Waals surface area contributed by atoms with Gasteiger partial charge in [-0.15, -0.1) is 0 Å². The molecule has 0 saturated carbocycles. The van der Waals surface area contributed by atoms with Crippen LogP contribution in [0.3, 0.4) is 0 Å². The second-order valence-electron chi connectivity index (χ2n) is 6.80. The summed E-state index contributed by atoms with van der Waals surface area (Å²) in [7, 11) is 0. The van der Waals surface area contributed by atoms with Gasteiger partial charge < -0.3 is 10.2 Å². The van der Waals surface area contributed by atoms with E-state index < -0.39 is 0 Å². The molecule has 1 aliphatic rings. The number of amides is 2. The summed E-state index contributed by atoms with van der Waals surface area (Å²) >= 11 is 12.4. The molecule has 1 N–H and O–H groups in total. The van der Waals surface area contributed by atoms with Crippen LogP contribution >= 0.6 is 23.2 Å². The number of carbonyl (C=O) groups is 2. The third-order valence-corrected chi connectivity index (χ3v) is 5.41. The smallest absolute Gasteiger partial charge is 0.259 e. The molecule has 8 heteroatoms. The lowest BCUT2D eigenvalue weighted by molar-refractivity contribution is -0.117. The molecule has 1 fully saturated rings. The van der Waals surface area contributed by atoms with Gasteiger partial charge in [0.15, 0.2) is 0 Å². The van der Waals surface area contributed by atoms with Crippen molar-refractivity contribution in [2.75, 3.05) is 16.8 Å². The number of rotatable bonds is 4. The van der Waals surface area contributed by atoms with Crippen molar-refractivity contribution < 1.29 is 9.59 Å². The molecule has 0 bridgehead atoms. The van der Waals surface area contributed by atoms with Gasteiger partial charge in [-0.2, -0.15) is 5.10 Å². The van der Waals surface area contributed by atoms with E-state index in [-0.39, 0.29) is 11.8 Å². The number of anilines is 2. The fourth-order valence-electron chi connectivity index (χ4n) is 3.41. The minimum absolute atomic E-state index is 0.0627. The molecule has 4 rings (SSSR count). The van der Waals surface area contributed by atoms with E-state index in [1.54, 1.807) is 39.9 Å². The van der Waals surface area contributed by atoms with Crippen LogP contribution in [-0.2, 0) is 4.79 Å². The molecule has 1 saturated heterocycles. The Kier molecular flexibility index (Phi) is 5.30. The molecule has 0 unspecified atom stereocenters. The Hall–Kier alpha value is -2.83. The van der Waals surface area contributed by atoms with Crippen LogP contribution < -0.4 is 10.2 Å². The maximum atomic E-state index is 12.8. The molecule has 2 aromatic carbocycles. The molecule has 1 aliphatic heterocycles. The monoisotopic (exact) mass is 428 g/mol. The second kappa shape index (κ2) is 7.89. The normalized spacial score (nSPS) is 13.8. The third-order valence-electron chi connectivity index (χ3n) is 4.88. The van der Waals surface area contributed by atoms with E-state index in [9.17, 15) is 9.59 Å². The molecule has 0 radical (unpaired) electrons. The average molecular weight is 429 g/mol. The van der Waals surface area contributed by atoms with Gasteiger partial charge in [-0.1, -0.05) is 29.3 Å². The van der Waals surface area contributed by atoms with Gasteiger partial charge in [-0.25, -0.2) is 4.68 Å². The number of hydrogen-bond donors (Lipinski definition) is 1. The van der Waals surface area contributed by atoms with Gasteiger partial charge in [-0.05, 0) is 49.7 Å². The zero-order valence-corrected chi connectivity index (χ0v) is 17.2. The summed E-state index contributed by atoms with van der Waals surface area (Å²) in [6.07, 6.45) is 2.87. The molecular formula is C21H18Cl2N4O2. The predicted octanol–water partition coefficient (Wildman–Crippen LogP) is 4.87.